The van der Waals surface area contributed by atoms with Gasteiger partial charge in [-0.3, -0.25) is 0 Å². The molecule has 5 aromatic carbocycles. The first kappa shape index (κ1) is 39.3. The van der Waals surface area contributed by atoms with Crippen LogP contribution < -0.4 is 29.6 Å². The van der Waals surface area contributed by atoms with E-state index in [9.17, 15) is 26.4 Å². The number of carbonyl (C=O) groups excluding carboxylic acids is 2. The Kier molecular flexibility index (Phi) is 12.0. The molecular weight excluding hydrogens is 729 g/mol. The Balaban J connectivity index is 1.12. The van der Waals surface area contributed by atoms with Crippen LogP contribution in [0.4, 0.5) is 21.0 Å². The lowest BCUT2D eigenvalue weighted by molar-refractivity contribution is 0.251. The van der Waals surface area contributed by atoms with Gasteiger partial charge in [0.2, 0.25) is 0 Å². The van der Waals surface area contributed by atoms with E-state index in [1.807, 2.05) is 32.0 Å². The largest absolute Gasteiger partial charge is 0.379 e. The van der Waals surface area contributed by atoms with E-state index in [0.717, 1.165) is 22.3 Å². The number of benzene rings is 5. The Morgan fingerprint density at radius 2 is 0.852 bits per heavy atom. The molecule has 12 nitrogen and oxygen atoms in total. The summed E-state index contributed by atoms with van der Waals surface area (Å²) >= 11 is 0. The first-order chi connectivity index (χ1) is 25.5. The summed E-state index contributed by atoms with van der Waals surface area (Å²) in [6, 6.07) is 25.5. The molecule has 0 atom stereocenters. The average Bonchev–Trinajstić information content (AvgIpc) is 3.05. The van der Waals surface area contributed by atoms with Crippen molar-refractivity contribution >= 4 is 43.7 Å². The maximum Gasteiger partial charge on any atom is 0.339 e. The third-order valence-electron chi connectivity index (χ3n) is 8.20. The predicted octanol–water partition coefficient (Wildman–Crippen LogP) is 7.72. The number of urea groups is 2. The standard InChI is InChI=1S/C40H42N4O8S2/c1-25-16-27(3)37(28(4)17-25)53(47,48)51-35-14-8-12-33(21-35)43-39(45)41-23-31-10-7-11-32(20-31)24-42-40(46)44-34-13-9-15-36(22-34)52-54(49,50)38-29(5)18-26(2)19-30(38)6/h7-22H,23-24H2,1-6H3,(H2,41,43,45)(H2,42,44,46). The van der Waals surface area contributed by atoms with Gasteiger partial charge < -0.3 is 29.6 Å². The lowest BCUT2D eigenvalue weighted by Gasteiger charge is -2.14. The Labute approximate surface area is 316 Å². The molecule has 0 radical (unpaired) electrons. The van der Waals surface area contributed by atoms with E-state index in [4.69, 9.17) is 8.37 Å². The Morgan fingerprint density at radius 1 is 0.500 bits per heavy atom. The maximum atomic E-state index is 13.1. The van der Waals surface area contributed by atoms with Gasteiger partial charge in [-0.15, -0.1) is 0 Å². The Morgan fingerprint density at radius 3 is 1.22 bits per heavy atom. The quantitative estimate of drug-likeness (QED) is 0.0936. The first-order valence-electron chi connectivity index (χ1n) is 16.9. The molecule has 54 heavy (non-hydrogen) atoms. The molecule has 0 spiro atoms. The van der Waals surface area contributed by atoms with Crippen LogP contribution in [0.3, 0.4) is 0 Å². The summed E-state index contributed by atoms with van der Waals surface area (Å²) in [4.78, 5) is 25.7. The second kappa shape index (κ2) is 16.4. The van der Waals surface area contributed by atoms with Crippen LogP contribution in [0.5, 0.6) is 11.5 Å². The fourth-order valence-electron chi connectivity index (χ4n) is 6.28. The van der Waals surface area contributed by atoms with E-state index in [1.54, 1.807) is 82.3 Å². The lowest BCUT2D eigenvalue weighted by Crippen LogP contribution is -2.29. The molecule has 0 aliphatic heterocycles. The van der Waals surface area contributed by atoms with Crippen LogP contribution in [0.25, 0.3) is 0 Å². The number of anilines is 2. The summed E-state index contributed by atoms with van der Waals surface area (Å²) in [7, 11) is -8.23. The summed E-state index contributed by atoms with van der Waals surface area (Å²) in [5.41, 5.74) is 6.40. The average molecular weight is 771 g/mol. The summed E-state index contributed by atoms with van der Waals surface area (Å²) in [5, 5.41) is 10.9. The van der Waals surface area contributed by atoms with E-state index in [0.29, 0.717) is 33.6 Å². The molecule has 0 unspecified atom stereocenters. The number of hydrogen-bond acceptors (Lipinski definition) is 8. The van der Waals surface area contributed by atoms with Gasteiger partial charge in [0, 0.05) is 36.6 Å². The van der Waals surface area contributed by atoms with E-state index in [1.165, 1.54) is 24.3 Å². The van der Waals surface area contributed by atoms with E-state index in [2.05, 4.69) is 21.3 Å². The highest BCUT2D eigenvalue weighted by atomic mass is 32.2. The molecule has 0 aliphatic carbocycles. The monoisotopic (exact) mass is 770 g/mol. The summed E-state index contributed by atoms with van der Waals surface area (Å²) in [5.74, 6) is 0.0994. The number of carbonyl (C=O) groups is 2. The smallest absolute Gasteiger partial charge is 0.339 e. The second-order valence-corrected chi connectivity index (χ2v) is 16.0. The zero-order chi connectivity index (χ0) is 39.2. The fourth-order valence-corrected chi connectivity index (χ4v) is 8.97. The highest BCUT2D eigenvalue weighted by Gasteiger charge is 2.24. The number of nitrogens with one attached hydrogen (secondary N) is 4. The summed E-state index contributed by atoms with van der Waals surface area (Å²) in [6.45, 7) is 11.0. The van der Waals surface area contributed by atoms with Gasteiger partial charge in [-0.25, -0.2) is 9.59 Å². The second-order valence-electron chi connectivity index (χ2n) is 13.0. The van der Waals surface area contributed by atoms with Crippen LogP contribution in [0.1, 0.15) is 44.5 Å². The van der Waals surface area contributed by atoms with Crippen LogP contribution in [0.2, 0.25) is 0 Å². The molecular formula is C40H42N4O8S2. The first-order valence-corrected chi connectivity index (χ1v) is 19.7. The highest BCUT2D eigenvalue weighted by molar-refractivity contribution is 7.87. The van der Waals surface area contributed by atoms with Gasteiger partial charge in [0.1, 0.15) is 21.3 Å². The van der Waals surface area contributed by atoms with Crippen molar-refractivity contribution in [1.82, 2.24) is 10.6 Å². The van der Waals surface area contributed by atoms with Gasteiger partial charge in [-0.1, -0.05) is 71.8 Å². The van der Waals surface area contributed by atoms with Crippen molar-refractivity contribution in [2.45, 2.75) is 64.4 Å². The molecule has 14 heteroatoms. The molecule has 0 heterocycles. The van der Waals surface area contributed by atoms with Crippen molar-refractivity contribution in [1.29, 1.82) is 0 Å². The minimum Gasteiger partial charge on any atom is -0.379 e. The molecule has 0 saturated carbocycles. The third-order valence-corrected chi connectivity index (χ3v) is 11.3. The van der Waals surface area contributed by atoms with Gasteiger partial charge >= 0.3 is 32.3 Å². The summed E-state index contributed by atoms with van der Waals surface area (Å²) in [6.07, 6.45) is 0. The maximum absolute atomic E-state index is 13.1. The molecule has 0 aromatic heterocycles. The number of aryl methyl sites for hydroxylation is 6. The molecule has 4 amide bonds. The van der Waals surface area contributed by atoms with Crippen LogP contribution in [0.15, 0.2) is 107 Å². The van der Waals surface area contributed by atoms with Crippen molar-refractivity contribution in [3.63, 3.8) is 0 Å². The molecule has 0 saturated heterocycles. The molecule has 4 N–H and O–H groups in total. The molecule has 0 aliphatic rings. The van der Waals surface area contributed by atoms with E-state index < -0.39 is 32.3 Å². The minimum absolute atomic E-state index is 0.0497. The molecule has 282 valence electrons. The van der Waals surface area contributed by atoms with Crippen molar-refractivity contribution < 1.29 is 34.8 Å². The molecule has 0 fully saturated rings. The Bertz CT molecular complexity index is 2240. The zero-order valence-corrected chi connectivity index (χ0v) is 32.4. The van der Waals surface area contributed by atoms with Gasteiger partial charge in [-0.05, 0) is 99.2 Å². The number of rotatable bonds is 12. The Hall–Kier alpha value is -5.86. The van der Waals surface area contributed by atoms with Gasteiger partial charge in [0.05, 0.1) is 0 Å². The predicted molar refractivity (Wildman–Crippen MR) is 208 cm³/mol. The van der Waals surface area contributed by atoms with Crippen LogP contribution in [-0.2, 0) is 33.3 Å². The molecule has 5 aromatic rings. The van der Waals surface area contributed by atoms with E-state index >= 15 is 0 Å². The number of hydrogen-bond donors (Lipinski definition) is 4. The highest BCUT2D eigenvalue weighted by Crippen LogP contribution is 2.28. The lowest BCUT2D eigenvalue weighted by atomic mass is 10.1. The van der Waals surface area contributed by atoms with E-state index in [-0.39, 0.29) is 34.4 Å². The van der Waals surface area contributed by atoms with Crippen LogP contribution in [-0.4, -0.2) is 28.9 Å². The van der Waals surface area contributed by atoms with Gasteiger partial charge in [0.15, 0.2) is 0 Å². The van der Waals surface area contributed by atoms with Crippen molar-refractivity contribution in [3.8, 4) is 11.5 Å². The third kappa shape index (κ3) is 10.2. The summed E-state index contributed by atoms with van der Waals surface area (Å²) < 4.78 is 63.2. The molecule has 5 rings (SSSR count). The van der Waals surface area contributed by atoms with Gasteiger partial charge in [0.25, 0.3) is 0 Å². The van der Waals surface area contributed by atoms with Crippen LogP contribution >= 0.6 is 0 Å². The minimum atomic E-state index is -4.12. The topological polar surface area (TPSA) is 169 Å². The fraction of sp³-hybridized carbons (Fsp3) is 0.200. The van der Waals surface area contributed by atoms with Crippen molar-refractivity contribution in [2.24, 2.45) is 0 Å². The molecule has 0 bridgehead atoms. The normalized spacial score (nSPS) is 11.4. The van der Waals surface area contributed by atoms with Crippen LogP contribution in [0, 0.1) is 41.5 Å². The zero-order valence-electron chi connectivity index (χ0n) is 30.7. The van der Waals surface area contributed by atoms with Crippen molar-refractivity contribution in [2.75, 3.05) is 10.6 Å². The SMILES string of the molecule is Cc1cc(C)c(S(=O)(=O)Oc2cccc(NC(=O)NCc3cccc(CNC(=O)Nc4cccc(OS(=O)(=O)c5c(C)cc(C)cc5C)c4)c3)c2)c(C)c1. The van der Waals surface area contributed by atoms with Gasteiger partial charge in [-0.2, -0.15) is 16.8 Å². The van der Waals surface area contributed by atoms with Crippen molar-refractivity contribution in [3.05, 3.63) is 142 Å². The number of amides is 4.